The molecule has 0 saturated carbocycles. The van der Waals surface area contributed by atoms with Gasteiger partial charge >= 0.3 is 0 Å². The van der Waals surface area contributed by atoms with E-state index in [9.17, 15) is 9.59 Å². The molecule has 0 atom stereocenters. The van der Waals surface area contributed by atoms with E-state index in [0.717, 1.165) is 0 Å². The summed E-state index contributed by atoms with van der Waals surface area (Å²) in [5, 5.41) is 3.49. The molecule has 2 rings (SSSR count). The number of amides is 2. The fourth-order valence-electron chi connectivity index (χ4n) is 1.88. The number of hydrogen-bond acceptors (Lipinski definition) is 3. The van der Waals surface area contributed by atoms with Gasteiger partial charge in [0.2, 0.25) is 5.91 Å². The first-order valence-corrected chi connectivity index (χ1v) is 5.66. The highest BCUT2D eigenvalue weighted by molar-refractivity contribution is 6.06. The fourth-order valence-corrected chi connectivity index (χ4v) is 1.88. The Morgan fingerprint density at radius 1 is 1.39 bits per heavy atom. The molecule has 5 nitrogen and oxygen atoms in total. The number of furan rings is 1. The number of rotatable bonds is 3. The molecule has 0 spiro atoms. The van der Waals surface area contributed by atoms with E-state index in [1.54, 1.807) is 32.0 Å². The zero-order valence-electron chi connectivity index (χ0n) is 10.2. The third kappa shape index (κ3) is 1.95. The number of anilines is 1. The average molecular weight is 246 g/mol. The van der Waals surface area contributed by atoms with Crippen molar-refractivity contribution in [3.63, 3.8) is 0 Å². The van der Waals surface area contributed by atoms with Gasteiger partial charge in [-0.05, 0) is 19.1 Å². The molecule has 1 aromatic heterocycles. The molecular weight excluding hydrogens is 232 g/mol. The third-order valence-electron chi connectivity index (χ3n) is 2.77. The monoisotopic (exact) mass is 246 g/mol. The molecule has 3 N–H and O–H groups in total. The zero-order chi connectivity index (χ0) is 13.3. The Bertz CT molecular complexity index is 628. The molecule has 2 amide bonds. The van der Waals surface area contributed by atoms with E-state index in [-0.39, 0.29) is 11.7 Å². The molecular formula is C13H14N2O3. The molecule has 0 aliphatic heterocycles. The maximum absolute atomic E-state index is 11.4. The second-order valence-electron chi connectivity index (χ2n) is 4.00. The maximum Gasteiger partial charge on any atom is 0.284 e. The normalized spacial score (nSPS) is 10.6. The van der Waals surface area contributed by atoms with E-state index in [4.69, 9.17) is 10.2 Å². The van der Waals surface area contributed by atoms with E-state index >= 15 is 0 Å². The molecule has 0 unspecified atom stereocenters. The topological polar surface area (TPSA) is 85.3 Å². The Kier molecular flexibility index (Phi) is 3.06. The van der Waals surface area contributed by atoms with Crippen molar-refractivity contribution < 1.29 is 14.0 Å². The van der Waals surface area contributed by atoms with Gasteiger partial charge in [0.1, 0.15) is 5.58 Å². The molecule has 0 aliphatic carbocycles. The minimum absolute atomic E-state index is 0.0938. The van der Waals surface area contributed by atoms with E-state index in [1.165, 1.54) is 0 Å². The first kappa shape index (κ1) is 12.2. The molecule has 1 aromatic carbocycles. The van der Waals surface area contributed by atoms with Crippen molar-refractivity contribution in [1.82, 2.24) is 0 Å². The number of fused-ring (bicyclic) bond motifs is 1. The minimum atomic E-state index is -0.614. The number of carbonyl (C=O) groups excluding carboxylic acids is 2. The summed E-state index contributed by atoms with van der Waals surface area (Å²) in [5.74, 6) is -0.580. The predicted octanol–water partition coefficient (Wildman–Crippen LogP) is 2.19. The van der Waals surface area contributed by atoms with Crippen LogP contribution in [0.1, 0.15) is 29.5 Å². The molecule has 0 radical (unpaired) electrons. The summed E-state index contributed by atoms with van der Waals surface area (Å²) in [6, 6.07) is 5.25. The second kappa shape index (κ2) is 4.52. The Labute approximate surface area is 104 Å². The molecule has 0 aliphatic rings. The Hall–Kier alpha value is -2.30. The van der Waals surface area contributed by atoms with Crippen LogP contribution in [0.25, 0.3) is 11.0 Å². The van der Waals surface area contributed by atoms with Crippen LogP contribution in [0.4, 0.5) is 5.69 Å². The number of nitrogens with two attached hydrogens (primary N) is 1. The van der Waals surface area contributed by atoms with Gasteiger partial charge in [0.15, 0.2) is 5.76 Å². The molecule has 0 saturated heterocycles. The molecule has 5 heteroatoms. The van der Waals surface area contributed by atoms with Gasteiger partial charge in [0.25, 0.3) is 5.91 Å². The predicted molar refractivity (Wildman–Crippen MR) is 68.4 cm³/mol. The van der Waals surface area contributed by atoms with Crippen LogP contribution in [0.5, 0.6) is 0 Å². The lowest BCUT2D eigenvalue weighted by atomic mass is 10.1. The highest BCUT2D eigenvalue weighted by Crippen LogP contribution is 2.31. The molecule has 0 bridgehead atoms. The number of carbonyl (C=O) groups is 2. The van der Waals surface area contributed by atoms with Gasteiger partial charge in [-0.25, -0.2) is 0 Å². The van der Waals surface area contributed by atoms with E-state index in [0.29, 0.717) is 28.6 Å². The van der Waals surface area contributed by atoms with E-state index in [1.807, 2.05) is 0 Å². The van der Waals surface area contributed by atoms with E-state index < -0.39 is 5.91 Å². The number of primary amides is 1. The molecule has 0 fully saturated rings. The Morgan fingerprint density at radius 3 is 2.72 bits per heavy atom. The van der Waals surface area contributed by atoms with Gasteiger partial charge in [-0.15, -0.1) is 0 Å². The van der Waals surface area contributed by atoms with Crippen molar-refractivity contribution in [3.8, 4) is 0 Å². The number of nitrogens with one attached hydrogen (secondary N) is 1. The van der Waals surface area contributed by atoms with Crippen molar-refractivity contribution in [1.29, 1.82) is 0 Å². The largest absolute Gasteiger partial charge is 0.451 e. The SMILES string of the molecule is CCC(=O)Nc1cccc2oc(C(N)=O)c(C)c12. The van der Waals surface area contributed by atoms with Crippen LogP contribution in [0.2, 0.25) is 0 Å². The van der Waals surface area contributed by atoms with Crippen molar-refractivity contribution in [2.75, 3.05) is 5.32 Å². The van der Waals surface area contributed by atoms with Crippen molar-refractivity contribution >= 4 is 28.5 Å². The Morgan fingerprint density at radius 2 is 2.11 bits per heavy atom. The van der Waals surface area contributed by atoms with Crippen LogP contribution in [-0.4, -0.2) is 11.8 Å². The summed E-state index contributed by atoms with van der Waals surface area (Å²) in [6.45, 7) is 3.51. The molecule has 2 aromatic rings. The maximum atomic E-state index is 11.4. The van der Waals surface area contributed by atoms with Gasteiger partial charge in [-0.1, -0.05) is 13.0 Å². The third-order valence-corrected chi connectivity index (χ3v) is 2.77. The minimum Gasteiger partial charge on any atom is -0.451 e. The quantitative estimate of drug-likeness (QED) is 0.870. The van der Waals surface area contributed by atoms with Crippen LogP contribution in [-0.2, 0) is 4.79 Å². The van der Waals surface area contributed by atoms with Crippen LogP contribution < -0.4 is 11.1 Å². The van der Waals surface area contributed by atoms with Crippen LogP contribution in [0, 0.1) is 6.92 Å². The lowest BCUT2D eigenvalue weighted by Crippen LogP contribution is -2.11. The van der Waals surface area contributed by atoms with Crippen molar-refractivity contribution in [2.45, 2.75) is 20.3 Å². The summed E-state index contributed by atoms with van der Waals surface area (Å²) < 4.78 is 5.39. The smallest absolute Gasteiger partial charge is 0.284 e. The highest BCUT2D eigenvalue weighted by atomic mass is 16.3. The average Bonchev–Trinajstić information content (AvgIpc) is 2.68. The number of hydrogen-bond donors (Lipinski definition) is 2. The molecule has 94 valence electrons. The summed E-state index contributed by atoms with van der Waals surface area (Å²) in [5.41, 5.74) is 7.05. The summed E-state index contributed by atoms with van der Waals surface area (Å²) >= 11 is 0. The van der Waals surface area contributed by atoms with Crippen molar-refractivity contribution in [3.05, 3.63) is 29.5 Å². The van der Waals surface area contributed by atoms with Crippen LogP contribution in [0.15, 0.2) is 22.6 Å². The molecule has 18 heavy (non-hydrogen) atoms. The van der Waals surface area contributed by atoms with Gasteiger partial charge in [0.05, 0.1) is 5.69 Å². The summed E-state index contributed by atoms with van der Waals surface area (Å²) in [4.78, 5) is 22.7. The van der Waals surface area contributed by atoms with Crippen LogP contribution >= 0.6 is 0 Å². The van der Waals surface area contributed by atoms with Crippen molar-refractivity contribution in [2.24, 2.45) is 5.73 Å². The van der Waals surface area contributed by atoms with Gasteiger partial charge in [-0.3, -0.25) is 9.59 Å². The van der Waals surface area contributed by atoms with E-state index in [2.05, 4.69) is 5.32 Å². The first-order valence-electron chi connectivity index (χ1n) is 5.66. The summed E-state index contributed by atoms with van der Waals surface area (Å²) in [6.07, 6.45) is 0.385. The van der Waals surface area contributed by atoms with Gasteiger partial charge in [-0.2, -0.15) is 0 Å². The molecule has 1 heterocycles. The second-order valence-corrected chi connectivity index (χ2v) is 4.00. The lowest BCUT2D eigenvalue weighted by molar-refractivity contribution is -0.115. The van der Waals surface area contributed by atoms with Crippen LogP contribution in [0.3, 0.4) is 0 Å². The number of benzene rings is 1. The first-order chi connectivity index (χ1) is 8.54. The Balaban J connectivity index is 2.61. The lowest BCUT2D eigenvalue weighted by Gasteiger charge is -2.04. The highest BCUT2D eigenvalue weighted by Gasteiger charge is 2.17. The number of aryl methyl sites for hydroxylation is 1. The standard InChI is InChI=1S/C13H14N2O3/c1-3-10(16)15-8-5-4-6-9-11(8)7(2)12(18-9)13(14)17/h4-6H,3H2,1-2H3,(H2,14,17)(H,15,16). The summed E-state index contributed by atoms with van der Waals surface area (Å²) in [7, 11) is 0. The zero-order valence-corrected chi connectivity index (χ0v) is 10.2. The van der Waals surface area contributed by atoms with Gasteiger partial charge in [0, 0.05) is 17.4 Å². The van der Waals surface area contributed by atoms with Gasteiger partial charge < -0.3 is 15.5 Å². The fraction of sp³-hybridized carbons (Fsp3) is 0.231.